The van der Waals surface area contributed by atoms with Gasteiger partial charge in [-0.1, -0.05) is 69.6 Å². The Morgan fingerprint density at radius 2 is 1.79 bits per heavy atom. The Balaban J connectivity index is 1.73. The van der Waals surface area contributed by atoms with E-state index >= 15 is 0 Å². The molecule has 120 valence electrons. The minimum atomic E-state index is -0.489. The van der Waals surface area contributed by atoms with Crippen molar-refractivity contribution in [3.05, 3.63) is 82.3 Å². The largest absolute Gasteiger partial charge is 0.387 e. The number of fused-ring (bicyclic) bond motifs is 1. The molecule has 0 saturated heterocycles. The van der Waals surface area contributed by atoms with Crippen molar-refractivity contribution >= 4 is 38.5 Å². The number of hydrogen-bond acceptors (Lipinski definition) is 2. The summed E-state index contributed by atoms with van der Waals surface area (Å²) in [7, 11) is 0. The molecule has 0 saturated carbocycles. The molecule has 3 rings (SSSR count). The van der Waals surface area contributed by atoms with Gasteiger partial charge in [0, 0.05) is 4.47 Å². The Hall–Kier alpha value is -2.66. The highest BCUT2D eigenvalue weighted by Gasteiger charge is 2.11. The maximum Gasteiger partial charge on any atom is 0.387 e. The van der Waals surface area contributed by atoms with Gasteiger partial charge in [0.1, 0.15) is 0 Å². The van der Waals surface area contributed by atoms with Gasteiger partial charge in [0.05, 0.1) is 12.0 Å². The van der Waals surface area contributed by atoms with Crippen molar-refractivity contribution in [1.29, 1.82) is 0 Å². The summed E-state index contributed by atoms with van der Waals surface area (Å²) in [5.41, 5.74) is 7.48. The summed E-state index contributed by atoms with van der Waals surface area (Å²) in [4.78, 5) is 17.0. The van der Waals surface area contributed by atoms with Crippen molar-refractivity contribution in [3.63, 3.8) is 0 Å². The van der Waals surface area contributed by atoms with Crippen LogP contribution >= 0.6 is 15.9 Å². The summed E-state index contributed by atoms with van der Waals surface area (Å²) in [6, 6.07) is 21.1. The lowest BCUT2D eigenvalue weighted by atomic mass is 10.0. The molecular weight excluding hydrogens is 368 g/mol. The highest BCUT2D eigenvalue weighted by atomic mass is 79.9. The SMILES string of the molecule is NC(Cc1cccc2ccccc12)=[NH+]OC(=O)c1cccc(Br)c1. The number of rotatable bonds is 4. The minimum absolute atomic E-state index is 0.370. The van der Waals surface area contributed by atoms with Gasteiger partial charge in [-0.05, 0) is 34.5 Å². The predicted molar refractivity (Wildman–Crippen MR) is 97.4 cm³/mol. The normalized spacial score (nSPS) is 11.5. The molecule has 0 fully saturated rings. The first kappa shape index (κ1) is 16.2. The van der Waals surface area contributed by atoms with Crippen LogP contribution in [0.15, 0.2) is 71.2 Å². The smallest absolute Gasteiger partial charge is 0.288 e. The van der Waals surface area contributed by atoms with Gasteiger partial charge in [-0.25, -0.2) is 4.79 Å². The molecule has 0 spiro atoms. The van der Waals surface area contributed by atoms with Crippen LogP contribution in [0.1, 0.15) is 15.9 Å². The maximum absolute atomic E-state index is 12.0. The molecule has 3 N–H and O–H groups in total. The fourth-order valence-corrected chi connectivity index (χ4v) is 2.87. The van der Waals surface area contributed by atoms with Crippen molar-refractivity contribution in [2.24, 2.45) is 5.73 Å². The third-order valence-electron chi connectivity index (χ3n) is 3.60. The van der Waals surface area contributed by atoms with Gasteiger partial charge in [-0.2, -0.15) is 0 Å². The Bertz CT molecular complexity index is 917. The fraction of sp³-hybridized carbons (Fsp3) is 0.0526. The molecular formula is C19H16BrN2O2+. The second-order valence-corrected chi connectivity index (χ2v) is 6.26. The molecule has 5 heteroatoms. The van der Waals surface area contributed by atoms with Crippen LogP contribution < -0.4 is 10.9 Å². The van der Waals surface area contributed by atoms with Gasteiger partial charge in [-0.15, -0.1) is 0 Å². The van der Waals surface area contributed by atoms with Crippen LogP contribution in [0.3, 0.4) is 0 Å². The minimum Gasteiger partial charge on any atom is -0.288 e. The van der Waals surface area contributed by atoms with Crippen LogP contribution in [0.2, 0.25) is 0 Å². The topological polar surface area (TPSA) is 66.3 Å². The molecule has 0 radical (unpaired) electrons. The molecule has 0 amide bonds. The summed E-state index contributed by atoms with van der Waals surface area (Å²) < 4.78 is 0.810. The molecule has 0 aliphatic carbocycles. The van der Waals surface area contributed by atoms with Crippen LogP contribution in [0, 0.1) is 0 Å². The number of amidine groups is 1. The Labute approximate surface area is 148 Å². The highest BCUT2D eigenvalue weighted by molar-refractivity contribution is 9.10. The molecule has 24 heavy (non-hydrogen) atoms. The molecule has 0 unspecified atom stereocenters. The number of carbonyl (C=O) groups is 1. The number of carbonyl (C=O) groups excluding carboxylic acids is 1. The highest BCUT2D eigenvalue weighted by Crippen LogP contribution is 2.18. The van der Waals surface area contributed by atoms with E-state index in [2.05, 4.69) is 33.2 Å². The molecule has 3 aromatic rings. The summed E-state index contributed by atoms with van der Waals surface area (Å²) in [6.07, 6.45) is 0.465. The van der Waals surface area contributed by atoms with Gasteiger partial charge < -0.3 is 0 Å². The molecule has 0 bridgehead atoms. The third kappa shape index (κ3) is 3.81. The van der Waals surface area contributed by atoms with Crippen molar-refractivity contribution in [1.82, 2.24) is 0 Å². The number of benzene rings is 3. The number of hydrogen-bond donors (Lipinski definition) is 2. The molecule has 4 nitrogen and oxygen atoms in total. The van der Waals surface area contributed by atoms with Crippen molar-refractivity contribution in [3.8, 4) is 0 Å². The summed E-state index contributed by atoms with van der Waals surface area (Å²) in [5.74, 6) is -0.119. The van der Waals surface area contributed by atoms with E-state index in [1.54, 1.807) is 18.2 Å². The van der Waals surface area contributed by atoms with Crippen LogP contribution in [-0.4, -0.2) is 11.8 Å². The lowest BCUT2D eigenvalue weighted by molar-refractivity contribution is -0.722. The third-order valence-corrected chi connectivity index (χ3v) is 4.09. The van der Waals surface area contributed by atoms with E-state index in [0.29, 0.717) is 17.8 Å². The monoisotopic (exact) mass is 383 g/mol. The van der Waals surface area contributed by atoms with Crippen LogP contribution in [-0.2, 0) is 11.3 Å². The van der Waals surface area contributed by atoms with E-state index < -0.39 is 5.97 Å². The summed E-state index contributed by atoms with van der Waals surface area (Å²) in [6.45, 7) is 0. The second kappa shape index (κ2) is 7.27. The molecule has 0 aliphatic rings. The summed E-state index contributed by atoms with van der Waals surface area (Å²) >= 11 is 3.32. The predicted octanol–water partition coefficient (Wildman–Crippen LogP) is 2.35. The zero-order chi connectivity index (χ0) is 16.9. The van der Waals surface area contributed by atoms with E-state index in [0.717, 1.165) is 20.8 Å². The Morgan fingerprint density at radius 3 is 2.62 bits per heavy atom. The van der Waals surface area contributed by atoms with E-state index in [-0.39, 0.29) is 0 Å². The quantitative estimate of drug-likeness (QED) is 0.314. The van der Waals surface area contributed by atoms with Gasteiger partial charge in [-0.3, -0.25) is 10.6 Å². The van der Waals surface area contributed by atoms with Crippen molar-refractivity contribution in [2.45, 2.75) is 6.42 Å². The molecule has 0 atom stereocenters. The maximum atomic E-state index is 12.0. The molecule has 0 heterocycles. The van der Waals surface area contributed by atoms with Crippen LogP contribution in [0.5, 0.6) is 0 Å². The number of halogens is 1. The van der Waals surface area contributed by atoms with Gasteiger partial charge in [0.15, 0.2) is 0 Å². The van der Waals surface area contributed by atoms with E-state index in [9.17, 15) is 4.79 Å². The lowest BCUT2D eigenvalue weighted by Gasteiger charge is -2.04. The van der Waals surface area contributed by atoms with E-state index in [4.69, 9.17) is 10.6 Å². The summed E-state index contributed by atoms with van der Waals surface area (Å²) in [5, 5.41) is 4.82. The fourth-order valence-electron chi connectivity index (χ4n) is 2.47. The van der Waals surface area contributed by atoms with E-state index in [1.165, 1.54) is 0 Å². The molecule has 3 aromatic carbocycles. The van der Waals surface area contributed by atoms with Crippen molar-refractivity contribution < 1.29 is 14.8 Å². The average Bonchev–Trinajstić information content (AvgIpc) is 2.60. The number of nitrogens with two attached hydrogens (primary N) is 1. The van der Waals surface area contributed by atoms with Gasteiger partial charge in [0.25, 0.3) is 5.84 Å². The Kier molecular flexibility index (Phi) is 4.91. The van der Waals surface area contributed by atoms with Crippen LogP contribution in [0.25, 0.3) is 10.8 Å². The van der Waals surface area contributed by atoms with Crippen molar-refractivity contribution in [2.75, 3.05) is 0 Å². The first-order valence-corrected chi connectivity index (χ1v) is 8.23. The average molecular weight is 384 g/mol. The molecule has 0 aromatic heterocycles. The zero-order valence-electron chi connectivity index (χ0n) is 12.8. The standard InChI is InChI=1S/C19H15BrN2O2/c20-16-9-4-8-15(11-16)19(23)24-22-18(21)12-14-7-3-6-13-5-1-2-10-17(13)14/h1-11H,12H2,(H2,21,22)/p+1. The first-order chi connectivity index (χ1) is 11.6. The van der Waals surface area contributed by atoms with Gasteiger partial charge in [0.2, 0.25) is 0 Å². The molecule has 0 aliphatic heterocycles. The second-order valence-electron chi connectivity index (χ2n) is 5.34. The Morgan fingerprint density at radius 1 is 1.04 bits per heavy atom. The van der Waals surface area contributed by atoms with Crippen LogP contribution in [0.4, 0.5) is 0 Å². The lowest BCUT2D eigenvalue weighted by Crippen LogP contribution is -2.75. The first-order valence-electron chi connectivity index (χ1n) is 7.44. The zero-order valence-corrected chi connectivity index (χ0v) is 14.4. The van der Waals surface area contributed by atoms with E-state index in [1.807, 2.05) is 36.4 Å². The van der Waals surface area contributed by atoms with Gasteiger partial charge >= 0.3 is 5.97 Å². The number of nitrogens with one attached hydrogen (secondary N) is 1.